The van der Waals surface area contributed by atoms with Crippen molar-refractivity contribution < 1.29 is 0 Å². The molecule has 0 aliphatic rings. The Morgan fingerprint density at radius 1 is 0.750 bits per heavy atom. The van der Waals surface area contributed by atoms with Gasteiger partial charge < -0.3 is 4.72 Å². The Balaban J connectivity index is 0.000000568. The lowest BCUT2D eigenvalue weighted by Gasteiger charge is -2.09. The second-order valence-corrected chi connectivity index (χ2v) is 11.6. The second-order valence-electron chi connectivity index (χ2n) is 10.1. The summed E-state index contributed by atoms with van der Waals surface area (Å²) in [5.41, 5.74) is 10.4. The molecule has 0 aliphatic heterocycles. The van der Waals surface area contributed by atoms with Crippen molar-refractivity contribution in [1.82, 2.24) is 4.72 Å². The molecule has 0 aromatic heterocycles. The van der Waals surface area contributed by atoms with E-state index in [2.05, 4.69) is 134 Å². The maximum atomic E-state index is 4.05. The standard InChI is InChI=1S/C17H18.C9H11NS.2C6H12/c1-4-14-9-11-15(12-10-14)17-8-6-5-7-16(17)13(2)3;1-3-10-11(2)9-7-5-4-6-8-9;1-5(2)6(3)4;1-4-5-6(2)3/h5-12H,2,4H2,1,3H3;3-8,10H,1-2H2;1-4H3;2,4-5H2,1,3H3. The maximum Gasteiger partial charge on any atom is 0.0203 e. The number of benzene rings is 3. The van der Waals surface area contributed by atoms with E-state index in [0.29, 0.717) is 0 Å². The Morgan fingerprint density at radius 2 is 1.27 bits per heavy atom. The Hall–Kier alpha value is -3.36. The Bertz CT molecular complexity index is 1200. The van der Waals surface area contributed by atoms with Gasteiger partial charge in [0.05, 0.1) is 0 Å². The molecule has 0 bridgehead atoms. The first-order chi connectivity index (χ1) is 19.0. The van der Waals surface area contributed by atoms with Gasteiger partial charge in [0.2, 0.25) is 0 Å². The lowest BCUT2D eigenvalue weighted by molar-refractivity contribution is 0.910. The fraction of sp³-hybridized carbons (Fsp3) is 0.289. The highest BCUT2D eigenvalue weighted by Crippen LogP contribution is 2.28. The van der Waals surface area contributed by atoms with E-state index in [1.54, 1.807) is 6.20 Å². The number of aryl methyl sites for hydroxylation is 1. The summed E-state index contributed by atoms with van der Waals surface area (Å²) in [4.78, 5) is 1.20. The van der Waals surface area contributed by atoms with Crippen LogP contribution in [0.1, 0.15) is 79.4 Å². The summed E-state index contributed by atoms with van der Waals surface area (Å²) < 4.78 is 3.04. The van der Waals surface area contributed by atoms with Crippen LogP contribution in [-0.4, -0.2) is 5.87 Å². The van der Waals surface area contributed by atoms with Gasteiger partial charge in [0, 0.05) is 4.90 Å². The molecule has 1 atom stereocenters. The molecule has 0 aliphatic carbocycles. The van der Waals surface area contributed by atoms with E-state index in [1.807, 2.05) is 30.3 Å². The lowest BCUT2D eigenvalue weighted by Crippen LogP contribution is -1.92. The second kappa shape index (κ2) is 21.5. The van der Waals surface area contributed by atoms with Gasteiger partial charge in [-0.15, -0.1) is 6.58 Å². The molecule has 0 fully saturated rings. The van der Waals surface area contributed by atoms with Crippen LogP contribution in [0.25, 0.3) is 16.7 Å². The van der Waals surface area contributed by atoms with Gasteiger partial charge in [-0.05, 0) is 95.0 Å². The van der Waals surface area contributed by atoms with Gasteiger partial charge in [0.1, 0.15) is 0 Å². The molecular formula is C38H53NS. The van der Waals surface area contributed by atoms with E-state index >= 15 is 0 Å². The number of nitrogens with one attached hydrogen (secondary N) is 1. The highest BCUT2D eigenvalue weighted by molar-refractivity contribution is 8.12. The first-order valence-corrected chi connectivity index (χ1v) is 15.4. The summed E-state index contributed by atoms with van der Waals surface area (Å²) in [5.74, 6) is 3.94. The molecule has 0 saturated carbocycles. The quantitative estimate of drug-likeness (QED) is 0.215. The van der Waals surface area contributed by atoms with Crippen molar-refractivity contribution >= 4 is 22.1 Å². The van der Waals surface area contributed by atoms with Crippen LogP contribution in [0.5, 0.6) is 0 Å². The molecule has 3 aromatic rings. The summed E-state index contributed by atoms with van der Waals surface area (Å²) in [5, 5.41) is 0. The van der Waals surface area contributed by atoms with Crippen LogP contribution < -0.4 is 4.72 Å². The fourth-order valence-electron chi connectivity index (χ4n) is 3.21. The molecule has 0 amide bonds. The fourth-order valence-corrected chi connectivity index (χ4v) is 4.03. The Kier molecular flexibility index (Phi) is 19.7. The van der Waals surface area contributed by atoms with Crippen LogP contribution in [0.3, 0.4) is 0 Å². The van der Waals surface area contributed by atoms with Crippen molar-refractivity contribution in [2.45, 2.75) is 79.5 Å². The number of hydrogen-bond acceptors (Lipinski definition) is 1. The zero-order valence-corrected chi connectivity index (χ0v) is 27.3. The van der Waals surface area contributed by atoms with Gasteiger partial charge in [-0.2, -0.15) is 0 Å². The molecule has 1 nitrogen and oxygen atoms in total. The molecule has 216 valence electrons. The van der Waals surface area contributed by atoms with E-state index in [-0.39, 0.29) is 10.7 Å². The topological polar surface area (TPSA) is 12.0 Å². The minimum Gasteiger partial charge on any atom is -0.339 e. The van der Waals surface area contributed by atoms with E-state index in [9.17, 15) is 0 Å². The third kappa shape index (κ3) is 15.9. The van der Waals surface area contributed by atoms with Gasteiger partial charge in [-0.1, -0.05) is 139 Å². The number of hydrogen-bond donors (Lipinski definition) is 1. The van der Waals surface area contributed by atoms with E-state index in [0.717, 1.165) is 12.0 Å². The van der Waals surface area contributed by atoms with Crippen molar-refractivity contribution in [3.8, 4) is 11.1 Å². The summed E-state index contributed by atoms with van der Waals surface area (Å²) >= 11 is 0. The molecule has 3 aromatic carbocycles. The van der Waals surface area contributed by atoms with Gasteiger partial charge in [0.25, 0.3) is 0 Å². The normalized spacial score (nSPS) is 10.1. The van der Waals surface area contributed by atoms with E-state index in [4.69, 9.17) is 0 Å². The van der Waals surface area contributed by atoms with Crippen LogP contribution in [0.15, 0.2) is 126 Å². The van der Waals surface area contributed by atoms with E-state index < -0.39 is 0 Å². The Morgan fingerprint density at radius 3 is 1.68 bits per heavy atom. The van der Waals surface area contributed by atoms with Gasteiger partial charge in [-0.3, -0.25) is 0 Å². The average molecular weight is 556 g/mol. The summed E-state index contributed by atoms with van der Waals surface area (Å²) in [6, 6.07) is 27.3. The molecule has 0 spiro atoms. The molecule has 0 saturated heterocycles. The first kappa shape index (κ1) is 36.6. The Labute approximate surface area is 249 Å². The number of rotatable bonds is 8. The SMILES string of the molecule is C=C(C)CCC.C=C(C)c1ccccc1-c1ccc(CC)cc1.C=CNS(=C)c1ccccc1.CC(C)=C(C)C. The summed E-state index contributed by atoms with van der Waals surface area (Å²) in [6.07, 6.45) is 5.17. The van der Waals surface area contributed by atoms with Gasteiger partial charge in [-0.25, -0.2) is 0 Å². The largest absolute Gasteiger partial charge is 0.339 e. The molecule has 0 radical (unpaired) electrons. The number of allylic oxidation sites excluding steroid dienone is 4. The van der Waals surface area contributed by atoms with Gasteiger partial charge >= 0.3 is 0 Å². The van der Waals surface area contributed by atoms with Gasteiger partial charge in [0.15, 0.2) is 0 Å². The molecule has 3 rings (SSSR count). The van der Waals surface area contributed by atoms with Crippen LogP contribution in [0, 0.1) is 0 Å². The molecule has 0 heterocycles. The zero-order valence-electron chi connectivity index (χ0n) is 26.4. The molecule has 2 heteroatoms. The van der Waals surface area contributed by atoms with Crippen LogP contribution in [-0.2, 0) is 6.42 Å². The third-order valence-corrected chi connectivity index (χ3v) is 7.28. The highest BCUT2D eigenvalue weighted by atomic mass is 32.2. The van der Waals surface area contributed by atoms with Crippen LogP contribution in [0.2, 0.25) is 0 Å². The average Bonchev–Trinajstić information content (AvgIpc) is 2.94. The van der Waals surface area contributed by atoms with Crippen molar-refractivity contribution in [2.24, 2.45) is 0 Å². The lowest BCUT2D eigenvalue weighted by atomic mass is 9.95. The molecular weight excluding hydrogens is 502 g/mol. The smallest absolute Gasteiger partial charge is 0.0203 e. The predicted molar refractivity (Wildman–Crippen MR) is 188 cm³/mol. The summed E-state index contributed by atoms with van der Waals surface area (Å²) in [6.45, 7) is 28.3. The summed E-state index contributed by atoms with van der Waals surface area (Å²) in [7, 11) is -0.151. The van der Waals surface area contributed by atoms with Crippen LogP contribution in [0.4, 0.5) is 0 Å². The molecule has 1 N–H and O–H groups in total. The molecule has 40 heavy (non-hydrogen) atoms. The van der Waals surface area contributed by atoms with Crippen LogP contribution >= 0.6 is 10.7 Å². The predicted octanol–water partition coefficient (Wildman–Crippen LogP) is 12.1. The molecule has 1 unspecified atom stereocenters. The van der Waals surface area contributed by atoms with Crippen molar-refractivity contribution in [3.63, 3.8) is 0 Å². The maximum absolute atomic E-state index is 4.05. The van der Waals surface area contributed by atoms with Crippen molar-refractivity contribution in [2.75, 3.05) is 0 Å². The van der Waals surface area contributed by atoms with Crippen molar-refractivity contribution in [1.29, 1.82) is 0 Å². The van der Waals surface area contributed by atoms with E-state index in [1.165, 1.54) is 56.7 Å². The first-order valence-electron chi connectivity index (χ1n) is 14.0. The highest BCUT2D eigenvalue weighted by Gasteiger charge is 2.04. The van der Waals surface area contributed by atoms with Crippen molar-refractivity contribution in [3.05, 3.63) is 133 Å². The monoisotopic (exact) mass is 555 g/mol. The minimum absolute atomic E-state index is 0.151. The third-order valence-electron chi connectivity index (χ3n) is 5.99. The minimum atomic E-state index is -0.151. The zero-order chi connectivity index (χ0) is 30.5.